The third-order valence-corrected chi connectivity index (χ3v) is 4.18. The number of halogens is 2. The van der Waals surface area contributed by atoms with Gasteiger partial charge in [0.15, 0.2) is 0 Å². The number of carbonyl (C=O) groups excluding carboxylic acids is 1. The quantitative estimate of drug-likeness (QED) is 0.901. The Labute approximate surface area is 138 Å². The van der Waals surface area contributed by atoms with Gasteiger partial charge in [-0.2, -0.15) is 0 Å². The molecule has 1 aliphatic heterocycles. The zero-order valence-electron chi connectivity index (χ0n) is 13.3. The van der Waals surface area contributed by atoms with E-state index in [1.54, 1.807) is 6.07 Å². The first-order valence-electron chi connectivity index (χ1n) is 7.78. The molecule has 0 saturated carbocycles. The predicted molar refractivity (Wildman–Crippen MR) is 89.7 cm³/mol. The van der Waals surface area contributed by atoms with Gasteiger partial charge in [-0.1, -0.05) is 19.1 Å². The van der Waals surface area contributed by atoms with E-state index < -0.39 is 0 Å². The molecule has 2 unspecified atom stereocenters. The summed E-state index contributed by atoms with van der Waals surface area (Å²) in [5, 5.41) is 3.19. The first-order chi connectivity index (χ1) is 10.1. The van der Waals surface area contributed by atoms with Gasteiger partial charge in [0, 0.05) is 19.0 Å². The van der Waals surface area contributed by atoms with Crippen molar-refractivity contribution < 1.29 is 9.18 Å². The standard InChI is InChI=1S/C17H25FN2O.ClH/c1-13(9-14-5-3-7-16(18)10-14)17(21)20-8-4-6-15(12-20)11-19-2;/h3,5,7,10,13,15,19H,4,6,8-9,11-12H2,1-2H3;1H. The summed E-state index contributed by atoms with van der Waals surface area (Å²) in [4.78, 5) is 14.5. The molecule has 124 valence electrons. The van der Waals surface area contributed by atoms with E-state index in [4.69, 9.17) is 0 Å². The minimum atomic E-state index is -0.237. The molecule has 2 atom stereocenters. The summed E-state index contributed by atoms with van der Waals surface area (Å²) in [6.07, 6.45) is 2.86. The molecule has 1 fully saturated rings. The van der Waals surface area contributed by atoms with Crippen molar-refractivity contribution in [2.75, 3.05) is 26.7 Å². The fourth-order valence-electron chi connectivity index (χ4n) is 3.14. The summed E-state index contributed by atoms with van der Waals surface area (Å²) >= 11 is 0. The smallest absolute Gasteiger partial charge is 0.225 e. The number of rotatable bonds is 5. The van der Waals surface area contributed by atoms with Gasteiger partial charge in [-0.25, -0.2) is 4.39 Å². The molecule has 1 heterocycles. The van der Waals surface area contributed by atoms with Crippen LogP contribution >= 0.6 is 12.4 Å². The third-order valence-electron chi connectivity index (χ3n) is 4.18. The van der Waals surface area contributed by atoms with Crippen molar-refractivity contribution in [2.45, 2.75) is 26.2 Å². The second kappa shape index (κ2) is 9.11. The Morgan fingerprint density at radius 2 is 2.27 bits per heavy atom. The highest BCUT2D eigenvalue weighted by molar-refractivity contribution is 5.85. The zero-order chi connectivity index (χ0) is 15.2. The van der Waals surface area contributed by atoms with E-state index in [0.29, 0.717) is 12.3 Å². The highest BCUT2D eigenvalue weighted by Crippen LogP contribution is 2.19. The minimum absolute atomic E-state index is 0. The summed E-state index contributed by atoms with van der Waals surface area (Å²) < 4.78 is 13.2. The van der Waals surface area contributed by atoms with E-state index in [2.05, 4.69) is 5.32 Å². The minimum Gasteiger partial charge on any atom is -0.342 e. The monoisotopic (exact) mass is 328 g/mol. The van der Waals surface area contributed by atoms with Crippen LogP contribution in [0.4, 0.5) is 4.39 Å². The van der Waals surface area contributed by atoms with Gasteiger partial charge in [-0.15, -0.1) is 12.4 Å². The molecule has 0 aliphatic carbocycles. The first-order valence-corrected chi connectivity index (χ1v) is 7.78. The van der Waals surface area contributed by atoms with Gasteiger partial charge in [0.1, 0.15) is 5.82 Å². The number of likely N-dealkylation sites (tertiary alicyclic amines) is 1. The lowest BCUT2D eigenvalue weighted by Crippen LogP contribution is -2.44. The Bertz CT molecular complexity index is 481. The molecule has 2 rings (SSSR count). The highest BCUT2D eigenvalue weighted by Gasteiger charge is 2.26. The molecule has 1 aromatic rings. The number of hydrogen-bond donors (Lipinski definition) is 1. The molecule has 1 amide bonds. The van der Waals surface area contributed by atoms with E-state index >= 15 is 0 Å². The molecule has 1 aromatic carbocycles. The summed E-state index contributed by atoms with van der Waals surface area (Å²) in [5.74, 6) is 0.411. The van der Waals surface area contributed by atoms with Gasteiger partial charge < -0.3 is 10.2 Å². The second-order valence-electron chi connectivity index (χ2n) is 6.09. The Morgan fingerprint density at radius 3 is 2.95 bits per heavy atom. The van der Waals surface area contributed by atoms with Crippen molar-refractivity contribution in [1.82, 2.24) is 10.2 Å². The normalized spacial score (nSPS) is 19.4. The van der Waals surface area contributed by atoms with Crippen LogP contribution in [0.25, 0.3) is 0 Å². The number of benzene rings is 1. The zero-order valence-corrected chi connectivity index (χ0v) is 14.2. The molecule has 1 aliphatic rings. The number of amides is 1. The Morgan fingerprint density at radius 1 is 1.50 bits per heavy atom. The Kier molecular flexibility index (Phi) is 7.83. The maximum atomic E-state index is 13.2. The lowest BCUT2D eigenvalue weighted by Gasteiger charge is -2.34. The molecular formula is C17H26ClFN2O. The van der Waals surface area contributed by atoms with Gasteiger partial charge in [0.2, 0.25) is 5.91 Å². The summed E-state index contributed by atoms with van der Waals surface area (Å²) in [7, 11) is 1.95. The van der Waals surface area contributed by atoms with Crippen LogP contribution < -0.4 is 5.32 Å². The molecule has 0 aromatic heterocycles. The number of nitrogens with zero attached hydrogens (tertiary/aromatic N) is 1. The van der Waals surface area contributed by atoms with Gasteiger partial charge in [-0.05, 0) is 56.5 Å². The van der Waals surface area contributed by atoms with Crippen LogP contribution in [0.15, 0.2) is 24.3 Å². The van der Waals surface area contributed by atoms with Crippen molar-refractivity contribution in [2.24, 2.45) is 11.8 Å². The lowest BCUT2D eigenvalue weighted by molar-refractivity contribution is -0.136. The first kappa shape index (κ1) is 18.9. The van der Waals surface area contributed by atoms with E-state index in [9.17, 15) is 9.18 Å². The molecule has 1 saturated heterocycles. The fraction of sp³-hybridized carbons (Fsp3) is 0.588. The van der Waals surface area contributed by atoms with Crippen molar-refractivity contribution in [3.63, 3.8) is 0 Å². The predicted octanol–water partition coefficient (Wildman–Crippen LogP) is 2.88. The number of nitrogens with one attached hydrogen (secondary N) is 1. The number of piperidine rings is 1. The van der Waals surface area contributed by atoms with Crippen LogP contribution in [0.1, 0.15) is 25.3 Å². The SMILES string of the molecule is CNCC1CCCN(C(=O)C(C)Cc2cccc(F)c2)C1.Cl. The second-order valence-corrected chi connectivity index (χ2v) is 6.09. The Balaban J connectivity index is 0.00000242. The van der Waals surface area contributed by atoms with Crippen molar-refractivity contribution in [3.8, 4) is 0 Å². The topological polar surface area (TPSA) is 32.3 Å². The highest BCUT2D eigenvalue weighted by atomic mass is 35.5. The lowest BCUT2D eigenvalue weighted by atomic mass is 9.94. The maximum absolute atomic E-state index is 13.2. The average molecular weight is 329 g/mol. The van der Waals surface area contributed by atoms with Crippen LogP contribution in [0, 0.1) is 17.7 Å². The molecular weight excluding hydrogens is 303 g/mol. The van der Waals surface area contributed by atoms with Gasteiger partial charge >= 0.3 is 0 Å². The van der Waals surface area contributed by atoms with Crippen LogP contribution in [-0.4, -0.2) is 37.5 Å². The summed E-state index contributed by atoms with van der Waals surface area (Å²) in [6.45, 7) is 4.59. The largest absolute Gasteiger partial charge is 0.342 e. The number of hydrogen-bond acceptors (Lipinski definition) is 2. The van der Waals surface area contributed by atoms with Crippen molar-refractivity contribution in [3.05, 3.63) is 35.6 Å². The fourth-order valence-corrected chi connectivity index (χ4v) is 3.14. The number of carbonyl (C=O) groups is 1. The molecule has 5 heteroatoms. The Hall–Kier alpha value is -1.13. The van der Waals surface area contributed by atoms with Crippen molar-refractivity contribution in [1.29, 1.82) is 0 Å². The summed E-state index contributed by atoms with van der Waals surface area (Å²) in [5.41, 5.74) is 0.889. The molecule has 1 N–H and O–H groups in total. The molecule has 22 heavy (non-hydrogen) atoms. The third kappa shape index (κ3) is 5.25. The van der Waals surface area contributed by atoms with Crippen LogP contribution in [0.5, 0.6) is 0 Å². The average Bonchev–Trinajstić information content (AvgIpc) is 2.47. The molecule has 3 nitrogen and oxygen atoms in total. The van der Waals surface area contributed by atoms with Crippen LogP contribution in [0.3, 0.4) is 0 Å². The van der Waals surface area contributed by atoms with Gasteiger partial charge in [0.25, 0.3) is 0 Å². The van der Waals surface area contributed by atoms with Crippen molar-refractivity contribution >= 4 is 18.3 Å². The van der Waals surface area contributed by atoms with E-state index in [-0.39, 0.29) is 30.0 Å². The van der Waals surface area contributed by atoms with Gasteiger partial charge in [-0.3, -0.25) is 4.79 Å². The molecule has 0 bridgehead atoms. The van der Waals surface area contributed by atoms with E-state index in [1.807, 2.05) is 24.9 Å². The maximum Gasteiger partial charge on any atom is 0.225 e. The van der Waals surface area contributed by atoms with Crippen LogP contribution in [-0.2, 0) is 11.2 Å². The molecule has 0 spiro atoms. The van der Waals surface area contributed by atoms with E-state index in [1.165, 1.54) is 18.6 Å². The molecule has 0 radical (unpaired) electrons. The van der Waals surface area contributed by atoms with E-state index in [0.717, 1.165) is 31.6 Å². The van der Waals surface area contributed by atoms with Crippen LogP contribution in [0.2, 0.25) is 0 Å². The van der Waals surface area contributed by atoms with Gasteiger partial charge in [0.05, 0.1) is 0 Å². The summed E-state index contributed by atoms with van der Waals surface area (Å²) in [6, 6.07) is 6.53.